The summed E-state index contributed by atoms with van der Waals surface area (Å²) in [6, 6.07) is 7.46. The van der Waals surface area contributed by atoms with E-state index in [1.54, 1.807) is 37.7 Å². The summed E-state index contributed by atoms with van der Waals surface area (Å²) >= 11 is 0. The van der Waals surface area contributed by atoms with Crippen LogP contribution in [0.25, 0.3) is 0 Å². The molecule has 0 radical (unpaired) electrons. The number of amides is 3. The van der Waals surface area contributed by atoms with Crippen molar-refractivity contribution in [3.05, 3.63) is 29.8 Å². The number of rotatable bonds is 6. The Morgan fingerprint density at radius 3 is 2.24 bits per heavy atom. The summed E-state index contributed by atoms with van der Waals surface area (Å²) in [4.78, 5) is 40.0. The first-order valence-electron chi connectivity index (χ1n) is 9.83. The van der Waals surface area contributed by atoms with E-state index in [-0.39, 0.29) is 24.8 Å². The van der Waals surface area contributed by atoms with Crippen LogP contribution in [-0.2, 0) is 20.7 Å². The molecular formula is C21H31N3O5. The van der Waals surface area contributed by atoms with E-state index in [0.717, 1.165) is 11.3 Å². The standard InChI is InChI=1S/C21H31N3O5/c1-21(2,3)29-20(27)22-9-8-18(25)23-10-12-24(13-11-23)19(26)15-16-6-5-7-17(14-16)28-4/h5-7,14H,8-13,15H2,1-4H3,(H,22,27). The summed E-state index contributed by atoms with van der Waals surface area (Å²) in [5, 5.41) is 2.59. The Hall–Kier alpha value is -2.77. The van der Waals surface area contributed by atoms with Crippen LogP contribution in [-0.4, -0.2) is 73.1 Å². The number of nitrogens with zero attached hydrogens (tertiary/aromatic N) is 2. The van der Waals surface area contributed by atoms with Crippen molar-refractivity contribution in [2.24, 2.45) is 0 Å². The van der Waals surface area contributed by atoms with Gasteiger partial charge in [-0.05, 0) is 38.5 Å². The van der Waals surface area contributed by atoms with Gasteiger partial charge < -0.3 is 24.6 Å². The molecule has 8 nitrogen and oxygen atoms in total. The van der Waals surface area contributed by atoms with Crippen molar-refractivity contribution in [3.8, 4) is 5.75 Å². The Kier molecular flexibility index (Phi) is 7.87. The molecule has 0 aromatic heterocycles. The van der Waals surface area contributed by atoms with Crippen LogP contribution in [0.15, 0.2) is 24.3 Å². The summed E-state index contributed by atoms with van der Waals surface area (Å²) in [7, 11) is 1.60. The fourth-order valence-electron chi connectivity index (χ4n) is 3.02. The van der Waals surface area contributed by atoms with Gasteiger partial charge in [0.25, 0.3) is 0 Å². The molecule has 8 heteroatoms. The molecule has 0 saturated carbocycles. The minimum atomic E-state index is -0.568. The number of benzene rings is 1. The van der Waals surface area contributed by atoms with E-state index in [1.165, 1.54) is 0 Å². The van der Waals surface area contributed by atoms with Crippen LogP contribution in [0.3, 0.4) is 0 Å². The average molecular weight is 405 g/mol. The maximum atomic E-state index is 12.5. The van der Waals surface area contributed by atoms with Crippen LogP contribution in [0.5, 0.6) is 5.75 Å². The highest BCUT2D eigenvalue weighted by molar-refractivity contribution is 5.80. The van der Waals surface area contributed by atoms with Gasteiger partial charge in [0.15, 0.2) is 0 Å². The summed E-state index contributed by atoms with van der Waals surface area (Å²) < 4.78 is 10.3. The summed E-state index contributed by atoms with van der Waals surface area (Å²) in [5.41, 5.74) is 0.336. The third kappa shape index (κ3) is 7.63. The predicted octanol–water partition coefficient (Wildman–Crippen LogP) is 1.82. The monoisotopic (exact) mass is 405 g/mol. The highest BCUT2D eigenvalue weighted by atomic mass is 16.6. The number of nitrogens with one attached hydrogen (secondary N) is 1. The quantitative estimate of drug-likeness (QED) is 0.780. The van der Waals surface area contributed by atoms with E-state index in [2.05, 4.69) is 5.32 Å². The van der Waals surface area contributed by atoms with Crippen molar-refractivity contribution in [3.63, 3.8) is 0 Å². The fraction of sp³-hybridized carbons (Fsp3) is 0.571. The summed E-state index contributed by atoms with van der Waals surface area (Å²) in [6.45, 7) is 7.58. The van der Waals surface area contributed by atoms with Gasteiger partial charge in [0.1, 0.15) is 11.4 Å². The number of alkyl carbamates (subject to hydrolysis) is 1. The molecule has 29 heavy (non-hydrogen) atoms. The first-order chi connectivity index (χ1) is 13.7. The molecule has 0 spiro atoms. The number of carbonyl (C=O) groups is 3. The number of hydrogen-bond acceptors (Lipinski definition) is 5. The second kappa shape index (κ2) is 10.1. The fourth-order valence-corrected chi connectivity index (χ4v) is 3.02. The average Bonchev–Trinajstić information content (AvgIpc) is 2.66. The molecule has 1 aliphatic heterocycles. The van der Waals surface area contributed by atoms with Crippen molar-refractivity contribution in [1.82, 2.24) is 15.1 Å². The minimum absolute atomic E-state index is 0.0388. The van der Waals surface area contributed by atoms with E-state index in [0.29, 0.717) is 32.6 Å². The number of ether oxygens (including phenoxy) is 2. The zero-order valence-electron chi connectivity index (χ0n) is 17.7. The van der Waals surface area contributed by atoms with Crippen LogP contribution in [0.4, 0.5) is 4.79 Å². The molecule has 0 bridgehead atoms. The third-order valence-electron chi connectivity index (χ3n) is 4.48. The Balaban J connectivity index is 1.71. The number of carbonyl (C=O) groups excluding carboxylic acids is 3. The zero-order valence-corrected chi connectivity index (χ0v) is 17.7. The van der Waals surface area contributed by atoms with Crippen molar-refractivity contribution in [2.45, 2.75) is 39.2 Å². The van der Waals surface area contributed by atoms with E-state index in [4.69, 9.17) is 9.47 Å². The lowest BCUT2D eigenvalue weighted by Crippen LogP contribution is -2.51. The van der Waals surface area contributed by atoms with Crippen molar-refractivity contribution < 1.29 is 23.9 Å². The van der Waals surface area contributed by atoms with Crippen LogP contribution < -0.4 is 10.1 Å². The first kappa shape index (κ1) is 22.5. The molecule has 3 amide bonds. The summed E-state index contributed by atoms with van der Waals surface area (Å²) in [5.74, 6) is 0.726. The molecule has 0 atom stereocenters. The lowest BCUT2D eigenvalue weighted by Gasteiger charge is -2.35. The molecular weight excluding hydrogens is 374 g/mol. The molecule has 1 aromatic carbocycles. The first-order valence-corrected chi connectivity index (χ1v) is 9.83. The maximum absolute atomic E-state index is 12.5. The smallest absolute Gasteiger partial charge is 0.407 e. The molecule has 0 unspecified atom stereocenters. The Bertz CT molecular complexity index is 721. The molecule has 1 saturated heterocycles. The number of methoxy groups -OCH3 is 1. The van der Waals surface area contributed by atoms with Crippen molar-refractivity contribution >= 4 is 17.9 Å². The van der Waals surface area contributed by atoms with Gasteiger partial charge in [0, 0.05) is 39.1 Å². The highest BCUT2D eigenvalue weighted by Crippen LogP contribution is 2.14. The van der Waals surface area contributed by atoms with Gasteiger partial charge in [-0.2, -0.15) is 0 Å². The third-order valence-corrected chi connectivity index (χ3v) is 4.48. The van der Waals surface area contributed by atoms with Crippen molar-refractivity contribution in [1.29, 1.82) is 0 Å². The molecule has 1 heterocycles. The van der Waals surface area contributed by atoms with Gasteiger partial charge in [-0.25, -0.2) is 4.79 Å². The number of piperazine rings is 1. The van der Waals surface area contributed by atoms with Crippen LogP contribution in [0.2, 0.25) is 0 Å². The van der Waals surface area contributed by atoms with Gasteiger partial charge in [-0.15, -0.1) is 0 Å². The normalized spacial score (nSPS) is 14.3. The second-order valence-corrected chi connectivity index (χ2v) is 7.97. The van der Waals surface area contributed by atoms with Gasteiger partial charge in [-0.3, -0.25) is 9.59 Å². The SMILES string of the molecule is COc1cccc(CC(=O)N2CCN(C(=O)CCNC(=O)OC(C)(C)C)CC2)c1. The molecule has 1 aliphatic rings. The van der Waals surface area contributed by atoms with Crippen LogP contribution in [0, 0.1) is 0 Å². The van der Waals surface area contributed by atoms with Gasteiger partial charge >= 0.3 is 6.09 Å². The molecule has 1 aromatic rings. The largest absolute Gasteiger partial charge is 0.497 e. The highest BCUT2D eigenvalue weighted by Gasteiger charge is 2.24. The molecule has 160 valence electrons. The lowest BCUT2D eigenvalue weighted by atomic mass is 10.1. The minimum Gasteiger partial charge on any atom is -0.497 e. The van der Waals surface area contributed by atoms with E-state index in [1.807, 2.05) is 24.3 Å². The van der Waals surface area contributed by atoms with Gasteiger partial charge in [-0.1, -0.05) is 12.1 Å². The Morgan fingerprint density at radius 2 is 1.66 bits per heavy atom. The van der Waals surface area contributed by atoms with E-state index in [9.17, 15) is 14.4 Å². The molecule has 0 aliphatic carbocycles. The zero-order chi connectivity index (χ0) is 21.4. The van der Waals surface area contributed by atoms with Crippen LogP contribution >= 0.6 is 0 Å². The number of hydrogen-bond donors (Lipinski definition) is 1. The topological polar surface area (TPSA) is 88.2 Å². The van der Waals surface area contributed by atoms with Gasteiger partial charge in [0.2, 0.25) is 11.8 Å². The maximum Gasteiger partial charge on any atom is 0.407 e. The van der Waals surface area contributed by atoms with Gasteiger partial charge in [0.05, 0.1) is 13.5 Å². The van der Waals surface area contributed by atoms with E-state index < -0.39 is 11.7 Å². The second-order valence-electron chi connectivity index (χ2n) is 7.97. The predicted molar refractivity (Wildman–Crippen MR) is 109 cm³/mol. The Labute approximate surface area is 172 Å². The molecule has 2 rings (SSSR count). The Morgan fingerprint density at radius 1 is 1.03 bits per heavy atom. The summed E-state index contributed by atoms with van der Waals surface area (Å²) in [6.07, 6.45) is -0.0136. The molecule has 1 N–H and O–H groups in total. The lowest BCUT2D eigenvalue weighted by molar-refractivity contribution is -0.139. The van der Waals surface area contributed by atoms with E-state index >= 15 is 0 Å². The van der Waals surface area contributed by atoms with Crippen LogP contribution in [0.1, 0.15) is 32.8 Å². The van der Waals surface area contributed by atoms with Crippen molar-refractivity contribution in [2.75, 3.05) is 39.8 Å². The molecule has 1 fully saturated rings.